The van der Waals surface area contributed by atoms with E-state index in [1.54, 1.807) is 6.20 Å². The Hall–Kier alpha value is -1.43. The fourth-order valence-corrected chi connectivity index (χ4v) is 1.87. The fourth-order valence-electron chi connectivity index (χ4n) is 1.45. The number of hydrogen-bond donors (Lipinski definition) is 1. The summed E-state index contributed by atoms with van der Waals surface area (Å²) in [7, 11) is 1.97. The molecule has 0 bridgehead atoms. The number of aromatic nitrogens is 4. The lowest BCUT2D eigenvalue weighted by Gasteiger charge is -2.07. The minimum absolute atomic E-state index is 0.649. The maximum absolute atomic E-state index is 4.39. The third-order valence-corrected chi connectivity index (χ3v) is 2.81. The van der Waals surface area contributed by atoms with Crippen LogP contribution in [0.1, 0.15) is 18.6 Å². The van der Waals surface area contributed by atoms with E-state index in [1.165, 1.54) is 0 Å². The molecule has 2 rings (SSSR count). The van der Waals surface area contributed by atoms with Crippen molar-refractivity contribution in [3.63, 3.8) is 0 Å². The van der Waals surface area contributed by atoms with Crippen LogP contribution >= 0.6 is 15.9 Å². The standard InChI is InChI=1S/C11H14BrN5/c1-3-9-15-8(12)6-10(16-9)14-7-11-13-4-5-17(11)2/h4-6H,3,7H2,1-2H3,(H,14,15,16). The third kappa shape index (κ3) is 3.03. The summed E-state index contributed by atoms with van der Waals surface area (Å²) in [5, 5.41) is 3.24. The Morgan fingerprint density at radius 1 is 1.41 bits per heavy atom. The molecule has 0 radical (unpaired) electrons. The minimum atomic E-state index is 0.649. The molecular formula is C11H14BrN5. The molecule has 17 heavy (non-hydrogen) atoms. The van der Waals surface area contributed by atoms with E-state index in [0.29, 0.717) is 6.54 Å². The number of anilines is 1. The molecule has 0 spiro atoms. The van der Waals surface area contributed by atoms with Crippen LogP contribution in [0.25, 0.3) is 0 Å². The predicted molar refractivity (Wildman–Crippen MR) is 69.6 cm³/mol. The van der Waals surface area contributed by atoms with Gasteiger partial charge in [0.05, 0.1) is 6.54 Å². The molecule has 0 saturated heterocycles. The number of hydrogen-bond acceptors (Lipinski definition) is 4. The van der Waals surface area contributed by atoms with Crippen molar-refractivity contribution in [3.05, 3.63) is 34.7 Å². The topological polar surface area (TPSA) is 55.6 Å². The van der Waals surface area contributed by atoms with E-state index in [0.717, 1.165) is 28.5 Å². The van der Waals surface area contributed by atoms with Gasteiger partial charge in [-0.2, -0.15) is 0 Å². The van der Waals surface area contributed by atoms with Gasteiger partial charge >= 0.3 is 0 Å². The largest absolute Gasteiger partial charge is 0.363 e. The summed E-state index contributed by atoms with van der Waals surface area (Å²) in [4.78, 5) is 12.9. The van der Waals surface area contributed by atoms with Gasteiger partial charge in [-0.3, -0.25) is 0 Å². The molecule has 0 fully saturated rings. The average molecular weight is 296 g/mol. The summed E-state index contributed by atoms with van der Waals surface area (Å²) in [6.07, 6.45) is 4.52. The van der Waals surface area contributed by atoms with Crippen LogP contribution in [0.15, 0.2) is 23.1 Å². The fraction of sp³-hybridized carbons (Fsp3) is 0.364. The van der Waals surface area contributed by atoms with Crippen LogP contribution < -0.4 is 5.32 Å². The van der Waals surface area contributed by atoms with Crippen molar-refractivity contribution >= 4 is 21.7 Å². The lowest BCUT2D eigenvalue weighted by atomic mass is 10.4. The molecule has 0 atom stereocenters. The molecule has 5 nitrogen and oxygen atoms in total. The highest BCUT2D eigenvalue weighted by Crippen LogP contribution is 2.13. The smallest absolute Gasteiger partial charge is 0.131 e. The first-order chi connectivity index (χ1) is 8.19. The van der Waals surface area contributed by atoms with Crippen molar-refractivity contribution in [3.8, 4) is 0 Å². The quantitative estimate of drug-likeness (QED) is 0.878. The lowest BCUT2D eigenvalue weighted by Crippen LogP contribution is -2.08. The summed E-state index contributed by atoms with van der Waals surface area (Å²) in [6, 6.07) is 1.86. The van der Waals surface area contributed by atoms with Gasteiger partial charge in [0.15, 0.2) is 0 Å². The Balaban J connectivity index is 2.09. The van der Waals surface area contributed by atoms with Gasteiger partial charge in [-0.1, -0.05) is 6.92 Å². The normalized spacial score (nSPS) is 10.5. The van der Waals surface area contributed by atoms with Crippen molar-refractivity contribution in [2.24, 2.45) is 7.05 Å². The molecule has 0 amide bonds. The lowest BCUT2D eigenvalue weighted by molar-refractivity contribution is 0.808. The van der Waals surface area contributed by atoms with E-state index in [4.69, 9.17) is 0 Å². The Bertz CT molecular complexity index is 508. The van der Waals surface area contributed by atoms with Crippen molar-refractivity contribution in [1.29, 1.82) is 0 Å². The molecule has 0 aliphatic carbocycles. The molecule has 0 aliphatic heterocycles. The van der Waals surface area contributed by atoms with Crippen molar-refractivity contribution < 1.29 is 0 Å². The first-order valence-corrected chi connectivity index (χ1v) is 6.22. The van der Waals surface area contributed by atoms with Crippen LogP contribution in [0.2, 0.25) is 0 Å². The zero-order valence-electron chi connectivity index (χ0n) is 9.81. The molecule has 0 aliphatic rings. The van der Waals surface area contributed by atoms with Crippen LogP contribution in [0.5, 0.6) is 0 Å². The second-order valence-corrected chi connectivity index (χ2v) is 4.47. The van der Waals surface area contributed by atoms with Gasteiger partial charge in [0.25, 0.3) is 0 Å². The van der Waals surface area contributed by atoms with Gasteiger partial charge in [0.2, 0.25) is 0 Å². The highest BCUT2D eigenvalue weighted by atomic mass is 79.9. The number of imidazole rings is 1. The van der Waals surface area contributed by atoms with E-state index in [-0.39, 0.29) is 0 Å². The van der Waals surface area contributed by atoms with Gasteiger partial charge in [-0.25, -0.2) is 15.0 Å². The molecule has 6 heteroatoms. The summed E-state index contributed by atoms with van der Waals surface area (Å²) in [6.45, 7) is 2.68. The van der Waals surface area contributed by atoms with Gasteiger partial charge in [0, 0.05) is 31.9 Å². The predicted octanol–water partition coefficient (Wildman–Crippen LogP) is 2.15. The van der Waals surface area contributed by atoms with E-state index in [9.17, 15) is 0 Å². The Kier molecular flexibility index (Phi) is 3.73. The summed E-state index contributed by atoms with van der Waals surface area (Å²) in [5.41, 5.74) is 0. The first kappa shape index (κ1) is 12.0. The highest BCUT2D eigenvalue weighted by Gasteiger charge is 2.03. The van der Waals surface area contributed by atoms with E-state index in [1.807, 2.05) is 30.8 Å². The second-order valence-electron chi connectivity index (χ2n) is 3.65. The molecular weight excluding hydrogens is 282 g/mol. The maximum Gasteiger partial charge on any atom is 0.131 e. The molecule has 90 valence electrons. The third-order valence-electron chi connectivity index (χ3n) is 2.41. The number of rotatable bonds is 4. The van der Waals surface area contributed by atoms with Crippen LogP contribution in [0.4, 0.5) is 5.82 Å². The van der Waals surface area contributed by atoms with Crippen molar-refractivity contribution in [1.82, 2.24) is 19.5 Å². The van der Waals surface area contributed by atoms with Crippen LogP contribution in [0.3, 0.4) is 0 Å². The SMILES string of the molecule is CCc1nc(Br)cc(NCc2nccn2C)n1. The van der Waals surface area contributed by atoms with Gasteiger partial charge in [-0.05, 0) is 15.9 Å². The minimum Gasteiger partial charge on any atom is -0.363 e. The van der Waals surface area contributed by atoms with Crippen LogP contribution in [0, 0.1) is 0 Å². The first-order valence-electron chi connectivity index (χ1n) is 5.42. The molecule has 2 heterocycles. The average Bonchev–Trinajstić information content (AvgIpc) is 2.71. The van der Waals surface area contributed by atoms with E-state index < -0.39 is 0 Å². The second kappa shape index (κ2) is 5.27. The van der Waals surface area contributed by atoms with Gasteiger partial charge in [0.1, 0.15) is 22.1 Å². The number of halogens is 1. The Labute approximate surface area is 108 Å². The molecule has 0 aromatic carbocycles. The molecule has 2 aromatic heterocycles. The zero-order valence-corrected chi connectivity index (χ0v) is 11.4. The molecule has 1 N–H and O–H groups in total. The van der Waals surface area contributed by atoms with Crippen LogP contribution in [-0.2, 0) is 20.0 Å². The molecule has 0 unspecified atom stereocenters. The molecule has 2 aromatic rings. The summed E-state index contributed by atoms with van der Waals surface area (Å²) < 4.78 is 2.77. The molecule has 0 saturated carbocycles. The van der Waals surface area contributed by atoms with E-state index in [2.05, 4.69) is 36.2 Å². The van der Waals surface area contributed by atoms with Crippen LogP contribution in [-0.4, -0.2) is 19.5 Å². The van der Waals surface area contributed by atoms with Crippen molar-refractivity contribution in [2.45, 2.75) is 19.9 Å². The number of aryl methyl sites for hydroxylation is 2. The maximum atomic E-state index is 4.39. The number of nitrogens with one attached hydrogen (secondary N) is 1. The summed E-state index contributed by atoms with van der Waals surface area (Å²) in [5.74, 6) is 2.60. The highest BCUT2D eigenvalue weighted by molar-refractivity contribution is 9.10. The zero-order chi connectivity index (χ0) is 12.3. The van der Waals surface area contributed by atoms with Gasteiger partial charge < -0.3 is 9.88 Å². The Morgan fingerprint density at radius 2 is 2.24 bits per heavy atom. The monoisotopic (exact) mass is 295 g/mol. The van der Waals surface area contributed by atoms with Crippen molar-refractivity contribution in [2.75, 3.05) is 5.32 Å². The van der Waals surface area contributed by atoms with E-state index >= 15 is 0 Å². The Morgan fingerprint density at radius 3 is 2.88 bits per heavy atom. The van der Waals surface area contributed by atoms with Gasteiger partial charge in [-0.15, -0.1) is 0 Å². The summed E-state index contributed by atoms with van der Waals surface area (Å²) >= 11 is 3.38. The number of nitrogens with zero attached hydrogens (tertiary/aromatic N) is 4.